The minimum Gasteiger partial charge on any atom is -0.356 e. The molecule has 0 bridgehead atoms. The lowest BCUT2D eigenvalue weighted by Crippen LogP contribution is -2.38. The third-order valence-electron chi connectivity index (χ3n) is 4.33. The maximum Gasteiger partial charge on any atom is 0.191 e. The lowest BCUT2D eigenvalue weighted by atomic mass is 10.2. The van der Waals surface area contributed by atoms with Crippen molar-refractivity contribution in [1.82, 2.24) is 20.2 Å². The van der Waals surface area contributed by atoms with Crippen LogP contribution in [0.3, 0.4) is 0 Å². The summed E-state index contributed by atoms with van der Waals surface area (Å²) in [4.78, 5) is 9.81. The molecule has 0 spiro atoms. The molecular weight excluding hydrogens is 512 g/mol. The molecule has 3 rings (SSSR count). The summed E-state index contributed by atoms with van der Waals surface area (Å²) in [6, 6.07) is 16.9. The molecule has 0 unspecified atom stereocenters. The molecule has 0 amide bonds. The Bertz CT molecular complexity index is 899. The van der Waals surface area contributed by atoms with E-state index in [9.17, 15) is 4.39 Å². The molecule has 160 valence electrons. The van der Waals surface area contributed by atoms with Crippen molar-refractivity contribution in [1.29, 1.82) is 0 Å². The van der Waals surface area contributed by atoms with E-state index in [1.807, 2.05) is 42.7 Å². The molecule has 0 aliphatic rings. The summed E-state index contributed by atoms with van der Waals surface area (Å²) in [5.74, 6) is 2.47. The van der Waals surface area contributed by atoms with Gasteiger partial charge >= 0.3 is 0 Å². The van der Waals surface area contributed by atoms with Gasteiger partial charge < -0.3 is 15.2 Å². The zero-order chi connectivity index (χ0) is 20.3. The number of hydrogen-bond acceptors (Lipinski definition) is 3. The number of rotatable bonds is 9. The van der Waals surface area contributed by atoms with E-state index < -0.39 is 0 Å². The fraction of sp³-hybridized carbons (Fsp3) is 0.273. The monoisotopic (exact) mass is 539 g/mol. The first-order valence-corrected chi connectivity index (χ1v) is 10.6. The topological polar surface area (TPSA) is 54.2 Å². The fourth-order valence-electron chi connectivity index (χ4n) is 2.81. The van der Waals surface area contributed by atoms with Crippen LogP contribution in [-0.2, 0) is 13.1 Å². The zero-order valence-electron chi connectivity index (χ0n) is 16.9. The number of aromatic nitrogens is 2. The second-order valence-corrected chi connectivity index (χ2v) is 7.63. The molecule has 1 aromatic heterocycles. The molecule has 0 aliphatic heterocycles. The molecule has 5 nitrogen and oxygen atoms in total. The van der Waals surface area contributed by atoms with Gasteiger partial charge in [-0.15, -0.1) is 35.7 Å². The summed E-state index contributed by atoms with van der Waals surface area (Å²) in [6.07, 6.45) is 4.79. The Labute approximate surface area is 198 Å². The van der Waals surface area contributed by atoms with Crippen molar-refractivity contribution in [2.45, 2.75) is 24.4 Å². The van der Waals surface area contributed by atoms with E-state index in [0.717, 1.165) is 41.9 Å². The van der Waals surface area contributed by atoms with Crippen LogP contribution in [-0.4, -0.2) is 34.9 Å². The SMILES string of the molecule is CN=C(NCCCSc1ccc(F)cc1)NCc1nccn1Cc1ccccc1.I. The Kier molecular flexibility index (Phi) is 10.7. The van der Waals surface area contributed by atoms with Gasteiger partial charge in [-0.2, -0.15) is 0 Å². The molecule has 0 saturated carbocycles. The first-order valence-electron chi connectivity index (χ1n) is 9.61. The second-order valence-electron chi connectivity index (χ2n) is 6.47. The molecule has 2 aromatic carbocycles. The first-order chi connectivity index (χ1) is 14.2. The number of halogens is 2. The molecule has 2 N–H and O–H groups in total. The summed E-state index contributed by atoms with van der Waals surface area (Å²) in [5, 5.41) is 6.64. The molecule has 0 atom stereocenters. The minimum atomic E-state index is -0.199. The number of imidazole rings is 1. The fourth-order valence-corrected chi connectivity index (χ4v) is 3.67. The van der Waals surface area contributed by atoms with Crippen LogP contribution in [0.15, 0.2) is 76.9 Å². The summed E-state index contributed by atoms with van der Waals surface area (Å²) in [7, 11) is 1.76. The van der Waals surface area contributed by atoms with Crippen LogP contribution >= 0.6 is 35.7 Å². The molecule has 3 aromatic rings. The largest absolute Gasteiger partial charge is 0.356 e. The van der Waals surface area contributed by atoms with Gasteiger partial charge in [-0.25, -0.2) is 9.37 Å². The Balaban J connectivity index is 0.00000320. The summed E-state index contributed by atoms with van der Waals surface area (Å²) >= 11 is 1.72. The van der Waals surface area contributed by atoms with Crippen LogP contribution in [0, 0.1) is 5.82 Å². The van der Waals surface area contributed by atoms with E-state index in [1.54, 1.807) is 18.8 Å². The first kappa shape index (κ1) is 24.2. The van der Waals surface area contributed by atoms with Crippen LogP contribution in [0.4, 0.5) is 4.39 Å². The van der Waals surface area contributed by atoms with Crippen molar-refractivity contribution in [3.8, 4) is 0 Å². The van der Waals surface area contributed by atoms with Crippen molar-refractivity contribution >= 4 is 41.7 Å². The number of aliphatic imine (C=N–C) groups is 1. The normalized spacial score (nSPS) is 11.1. The predicted molar refractivity (Wildman–Crippen MR) is 133 cm³/mol. The van der Waals surface area contributed by atoms with E-state index in [0.29, 0.717) is 6.54 Å². The lowest BCUT2D eigenvalue weighted by molar-refractivity contribution is 0.626. The van der Waals surface area contributed by atoms with Gasteiger partial charge in [0.15, 0.2) is 5.96 Å². The maximum atomic E-state index is 12.9. The quantitative estimate of drug-likeness (QED) is 0.138. The van der Waals surface area contributed by atoms with Crippen LogP contribution in [0.1, 0.15) is 17.8 Å². The number of guanidine groups is 1. The molecule has 8 heteroatoms. The zero-order valence-corrected chi connectivity index (χ0v) is 20.1. The number of hydrogen-bond donors (Lipinski definition) is 2. The molecule has 1 heterocycles. The van der Waals surface area contributed by atoms with Gasteiger partial charge in [-0.05, 0) is 42.0 Å². The molecule has 30 heavy (non-hydrogen) atoms. The number of nitrogens with one attached hydrogen (secondary N) is 2. The Morgan fingerprint density at radius 1 is 1.10 bits per heavy atom. The summed E-state index contributed by atoms with van der Waals surface area (Å²) in [5.41, 5.74) is 1.24. The summed E-state index contributed by atoms with van der Waals surface area (Å²) in [6.45, 7) is 2.21. The Hall–Kier alpha value is -2.07. The molecule has 0 fully saturated rings. The van der Waals surface area contributed by atoms with Crippen LogP contribution in [0.2, 0.25) is 0 Å². The van der Waals surface area contributed by atoms with Gasteiger partial charge in [0.25, 0.3) is 0 Å². The van der Waals surface area contributed by atoms with Gasteiger partial charge in [0, 0.05) is 37.4 Å². The second kappa shape index (κ2) is 13.3. The van der Waals surface area contributed by atoms with Crippen molar-refractivity contribution in [2.24, 2.45) is 4.99 Å². The van der Waals surface area contributed by atoms with Crippen LogP contribution < -0.4 is 10.6 Å². The highest BCUT2D eigenvalue weighted by atomic mass is 127. The highest BCUT2D eigenvalue weighted by Crippen LogP contribution is 2.18. The van der Waals surface area contributed by atoms with Gasteiger partial charge in [0.2, 0.25) is 0 Å². The Morgan fingerprint density at radius 3 is 2.60 bits per heavy atom. The van der Waals surface area contributed by atoms with E-state index in [2.05, 4.69) is 37.3 Å². The van der Waals surface area contributed by atoms with Crippen LogP contribution in [0.5, 0.6) is 0 Å². The highest BCUT2D eigenvalue weighted by Gasteiger charge is 2.05. The van der Waals surface area contributed by atoms with E-state index >= 15 is 0 Å². The lowest BCUT2D eigenvalue weighted by Gasteiger charge is -2.13. The molecule has 0 aliphatic carbocycles. The van der Waals surface area contributed by atoms with Gasteiger partial charge in [0.1, 0.15) is 11.6 Å². The van der Waals surface area contributed by atoms with Crippen molar-refractivity contribution in [3.63, 3.8) is 0 Å². The van der Waals surface area contributed by atoms with E-state index in [4.69, 9.17) is 0 Å². The number of benzene rings is 2. The van der Waals surface area contributed by atoms with E-state index in [-0.39, 0.29) is 29.8 Å². The maximum absolute atomic E-state index is 12.9. The van der Waals surface area contributed by atoms with Crippen molar-refractivity contribution < 1.29 is 4.39 Å². The highest BCUT2D eigenvalue weighted by molar-refractivity contribution is 14.0. The van der Waals surface area contributed by atoms with Crippen LogP contribution in [0.25, 0.3) is 0 Å². The number of thioether (sulfide) groups is 1. The van der Waals surface area contributed by atoms with Gasteiger partial charge in [0.05, 0.1) is 6.54 Å². The average molecular weight is 539 g/mol. The number of nitrogens with zero attached hydrogens (tertiary/aromatic N) is 3. The average Bonchev–Trinajstić information content (AvgIpc) is 3.19. The summed E-state index contributed by atoms with van der Waals surface area (Å²) < 4.78 is 15.1. The Morgan fingerprint density at radius 2 is 1.87 bits per heavy atom. The van der Waals surface area contributed by atoms with Gasteiger partial charge in [-0.1, -0.05) is 30.3 Å². The van der Waals surface area contributed by atoms with Crippen molar-refractivity contribution in [3.05, 3.63) is 84.2 Å². The third-order valence-corrected chi connectivity index (χ3v) is 5.43. The standard InChI is InChI=1S/C22H26FN5S.HI/c1-24-22(26-12-5-15-29-20-10-8-19(23)9-11-20)27-16-21-25-13-14-28(21)17-18-6-3-2-4-7-18;/h2-4,6-11,13-14H,5,12,15-17H2,1H3,(H2,24,26,27);1H. The van der Waals surface area contributed by atoms with E-state index in [1.165, 1.54) is 17.7 Å². The molecule has 0 saturated heterocycles. The third kappa shape index (κ3) is 7.98. The smallest absolute Gasteiger partial charge is 0.191 e. The van der Waals surface area contributed by atoms with Gasteiger partial charge in [-0.3, -0.25) is 4.99 Å². The predicted octanol–water partition coefficient (Wildman–Crippen LogP) is 4.54. The van der Waals surface area contributed by atoms with Crippen molar-refractivity contribution in [2.75, 3.05) is 19.3 Å². The molecule has 0 radical (unpaired) electrons. The minimum absolute atomic E-state index is 0. The molecular formula is C22H27FIN5S.